The summed E-state index contributed by atoms with van der Waals surface area (Å²) in [5.41, 5.74) is 5.33. The number of likely N-dealkylation sites (N-methyl/N-ethyl adjacent to an activating group) is 1. The molecule has 0 amide bonds. The highest BCUT2D eigenvalue weighted by atomic mass is 15.2. The van der Waals surface area contributed by atoms with Crippen molar-refractivity contribution in [3.05, 3.63) is 0 Å². The minimum atomic E-state index is -0.607. The Labute approximate surface area is 86.3 Å². The van der Waals surface area contributed by atoms with Crippen molar-refractivity contribution in [1.82, 2.24) is 9.80 Å². The van der Waals surface area contributed by atoms with Gasteiger partial charge in [-0.2, -0.15) is 5.26 Å². The molecule has 2 N–H and O–H groups in total. The first-order chi connectivity index (χ1) is 6.56. The van der Waals surface area contributed by atoms with Crippen molar-refractivity contribution < 1.29 is 0 Å². The Hall–Kier alpha value is -0.630. The SMILES string of the molecule is CN(C)CCN1CCCC(N)(C#N)C1. The average molecular weight is 196 g/mol. The zero-order valence-corrected chi connectivity index (χ0v) is 9.16. The second-order valence-electron chi connectivity index (χ2n) is 4.45. The molecule has 0 radical (unpaired) electrons. The van der Waals surface area contributed by atoms with E-state index in [4.69, 9.17) is 11.0 Å². The van der Waals surface area contributed by atoms with Crippen molar-refractivity contribution in [3.63, 3.8) is 0 Å². The maximum atomic E-state index is 8.93. The molecule has 0 spiro atoms. The molecule has 1 atom stereocenters. The van der Waals surface area contributed by atoms with Crippen molar-refractivity contribution in [2.75, 3.05) is 40.3 Å². The van der Waals surface area contributed by atoms with Gasteiger partial charge in [0.25, 0.3) is 0 Å². The third-order valence-electron chi connectivity index (χ3n) is 2.69. The highest BCUT2D eigenvalue weighted by Gasteiger charge is 2.31. The fourth-order valence-corrected chi connectivity index (χ4v) is 1.80. The minimum Gasteiger partial charge on any atom is -0.312 e. The molecule has 4 nitrogen and oxygen atoms in total. The van der Waals surface area contributed by atoms with Gasteiger partial charge in [-0.25, -0.2) is 0 Å². The molecule has 1 saturated heterocycles. The molecule has 0 bridgehead atoms. The molecule has 1 aliphatic heterocycles. The first kappa shape index (κ1) is 11.4. The molecule has 80 valence electrons. The number of rotatable bonds is 3. The van der Waals surface area contributed by atoms with E-state index in [1.165, 1.54) is 0 Å². The van der Waals surface area contributed by atoms with Gasteiger partial charge < -0.3 is 10.6 Å². The smallest absolute Gasteiger partial charge is 0.117 e. The first-order valence-electron chi connectivity index (χ1n) is 5.13. The minimum absolute atomic E-state index is 0.607. The maximum Gasteiger partial charge on any atom is 0.117 e. The largest absolute Gasteiger partial charge is 0.312 e. The number of piperidine rings is 1. The van der Waals surface area contributed by atoms with E-state index in [0.717, 1.165) is 39.0 Å². The topological polar surface area (TPSA) is 56.3 Å². The van der Waals surface area contributed by atoms with Gasteiger partial charge in [0.2, 0.25) is 0 Å². The van der Waals surface area contributed by atoms with Gasteiger partial charge in [-0.05, 0) is 33.5 Å². The van der Waals surface area contributed by atoms with E-state index in [9.17, 15) is 0 Å². The molecule has 0 aromatic carbocycles. The molecule has 4 heteroatoms. The molecule has 1 heterocycles. The summed E-state index contributed by atoms with van der Waals surface area (Å²) in [4.78, 5) is 4.44. The van der Waals surface area contributed by atoms with Gasteiger partial charge in [0.15, 0.2) is 0 Å². The van der Waals surface area contributed by atoms with E-state index < -0.39 is 5.54 Å². The molecule has 1 aliphatic rings. The molecule has 1 unspecified atom stereocenters. The van der Waals surface area contributed by atoms with Crippen LogP contribution < -0.4 is 5.73 Å². The third kappa shape index (κ3) is 3.26. The van der Waals surface area contributed by atoms with Crippen molar-refractivity contribution in [3.8, 4) is 6.07 Å². The van der Waals surface area contributed by atoms with Crippen LogP contribution in [0, 0.1) is 11.3 Å². The Bertz CT molecular complexity index is 221. The standard InChI is InChI=1S/C10H20N4/c1-13(2)6-7-14-5-3-4-10(12,8-11)9-14/h3-7,9,12H2,1-2H3. The predicted molar refractivity (Wildman–Crippen MR) is 56.8 cm³/mol. The molecular weight excluding hydrogens is 176 g/mol. The zero-order chi connectivity index (χ0) is 10.6. The third-order valence-corrected chi connectivity index (χ3v) is 2.69. The Balaban J connectivity index is 2.37. The summed E-state index contributed by atoms with van der Waals surface area (Å²) in [7, 11) is 4.12. The second-order valence-corrected chi connectivity index (χ2v) is 4.45. The van der Waals surface area contributed by atoms with E-state index in [1.807, 2.05) is 0 Å². The lowest BCUT2D eigenvalue weighted by atomic mass is 9.92. The highest BCUT2D eigenvalue weighted by Crippen LogP contribution is 2.17. The summed E-state index contributed by atoms with van der Waals surface area (Å²) >= 11 is 0. The van der Waals surface area contributed by atoms with Crippen LogP contribution in [0.2, 0.25) is 0 Å². The summed E-state index contributed by atoms with van der Waals surface area (Å²) in [6.07, 6.45) is 1.87. The molecule has 0 aromatic heterocycles. The fraction of sp³-hybridized carbons (Fsp3) is 0.900. The number of hydrogen-bond acceptors (Lipinski definition) is 4. The average Bonchev–Trinajstić information content (AvgIpc) is 2.15. The molecule has 14 heavy (non-hydrogen) atoms. The van der Waals surface area contributed by atoms with Crippen LogP contribution in [0.4, 0.5) is 0 Å². The van der Waals surface area contributed by atoms with Crippen LogP contribution in [0.15, 0.2) is 0 Å². The first-order valence-corrected chi connectivity index (χ1v) is 5.13. The lowest BCUT2D eigenvalue weighted by Crippen LogP contribution is -2.54. The van der Waals surface area contributed by atoms with E-state index in [-0.39, 0.29) is 0 Å². The monoisotopic (exact) mass is 196 g/mol. The Morgan fingerprint density at radius 1 is 1.57 bits per heavy atom. The Morgan fingerprint density at radius 2 is 2.29 bits per heavy atom. The summed E-state index contributed by atoms with van der Waals surface area (Å²) in [5, 5.41) is 8.93. The van der Waals surface area contributed by atoms with E-state index in [1.54, 1.807) is 0 Å². The van der Waals surface area contributed by atoms with Gasteiger partial charge in [0.05, 0.1) is 6.07 Å². The fourth-order valence-electron chi connectivity index (χ4n) is 1.80. The van der Waals surface area contributed by atoms with Crippen LogP contribution in [0.25, 0.3) is 0 Å². The molecule has 0 aliphatic carbocycles. The second kappa shape index (κ2) is 4.74. The highest BCUT2D eigenvalue weighted by molar-refractivity contribution is 5.08. The van der Waals surface area contributed by atoms with E-state index in [2.05, 4.69) is 30.0 Å². The number of likely N-dealkylation sites (tertiary alicyclic amines) is 1. The summed E-state index contributed by atoms with van der Waals surface area (Å²) in [5.74, 6) is 0. The molecule has 1 fully saturated rings. The Morgan fingerprint density at radius 3 is 2.86 bits per heavy atom. The van der Waals surface area contributed by atoms with E-state index >= 15 is 0 Å². The number of nitrogens with two attached hydrogens (primary N) is 1. The summed E-state index contributed by atoms with van der Waals surface area (Å²) in [6, 6.07) is 2.22. The van der Waals surface area contributed by atoms with Crippen LogP contribution in [-0.2, 0) is 0 Å². The van der Waals surface area contributed by atoms with Crippen LogP contribution in [0.1, 0.15) is 12.8 Å². The van der Waals surface area contributed by atoms with Crippen molar-refractivity contribution >= 4 is 0 Å². The van der Waals surface area contributed by atoms with Gasteiger partial charge in [0, 0.05) is 19.6 Å². The maximum absolute atomic E-state index is 8.93. The summed E-state index contributed by atoms with van der Waals surface area (Å²) in [6.45, 7) is 3.83. The van der Waals surface area contributed by atoms with Gasteiger partial charge in [-0.3, -0.25) is 4.90 Å². The van der Waals surface area contributed by atoms with Crippen molar-refractivity contribution in [2.45, 2.75) is 18.4 Å². The Kier molecular flexibility index (Phi) is 3.87. The van der Waals surface area contributed by atoms with Gasteiger partial charge in [-0.1, -0.05) is 0 Å². The van der Waals surface area contributed by atoms with Crippen LogP contribution in [0.3, 0.4) is 0 Å². The molecule has 1 rings (SSSR count). The normalized spacial score (nSPS) is 29.1. The summed E-state index contributed by atoms with van der Waals surface area (Å²) < 4.78 is 0. The van der Waals surface area contributed by atoms with E-state index in [0.29, 0.717) is 0 Å². The van der Waals surface area contributed by atoms with Crippen molar-refractivity contribution in [1.29, 1.82) is 5.26 Å². The van der Waals surface area contributed by atoms with Gasteiger partial charge in [-0.15, -0.1) is 0 Å². The quantitative estimate of drug-likeness (QED) is 0.683. The number of nitriles is 1. The van der Waals surface area contributed by atoms with Crippen LogP contribution in [0.5, 0.6) is 0 Å². The predicted octanol–water partition coefficient (Wildman–Crippen LogP) is -0.135. The number of hydrogen-bond donors (Lipinski definition) is 1. The van der Waals surface area contributed by atoms with Crippen LogP contribution in [-0.4, -0.2) is 55.6 Å². The molecular formula is C10H20N4. The van der Waals surface area contributed by atoms with Gasteiger partial charge >= 0.3 is 0 Å². The number of nitrogens with zero attached hydrogens (tertiary/aromatic N) is 3. The van der Waals surface area contributed by atoms with Crippen LogP contribution >= 0.6 is 0 Å². The van der Waals surface area contributed by atoms with Crippen molar-refractivity contribution in [2.24, 2.45) is 5.73 Å². The lowest BCUT2D eigenvalue weighted by molar-refractivity contribution is 0.166. The zero-order valence-electron chi connectivity index (χ0n) is 9.16. The van der Waals surface area contributed by atoms with Gasteiger partial charge in [0.1, 0.15) is 5.54 Å². The lowest BCUT2D eigenvalue weighted by Gasteiger charge is -2.36. The molecule has 0 aromatic rings. The molecule has 0 saturated carbocycles.